The Bertz CT molecular complexity index is 307. The molecule has 0 aromatic heterocycles. The van der Waals surface area contributed by atoms with E-state index in [1.165, 1.54) is 11.3 Å². The number of methoxy groups -OCH3 is 1. The molecular formula is C13H20N2O. The molecule has 1 aliphatic rings. The maximum atomic E-state index is 5.67. The van der Waals surface area contributed by atoms with E-state index in [2.05, 4.69) is 29.6 Å². The fourth-order valence-electron chi connectivity index (χ4n) is 2.46. The van der Waals surface area contributed by atoms with Crippen molar-refractivity contribution in [1.29, 1.82) is 0 Å². The third-order valence-corrected chi connectivity index (χ3v) is 3.29. The fraction of sp³-hybridized carbons (Fsp3) is 0.538. The Labute approximate surface area is 97.0 Å². The molecule has 0 radical (unpaired) electrons. The Morgan fingerprint density at radius 1 is 1.44 bits per heavy atom. The molecule has 2 atom stereocenters. The number of hydrogen-bond donors (Lipinski definition) is 2. The van der Waals surface area contributed by atoms with Gasteiger partial charge in [-0.25, -0.2) is 0 Å². The lowest BCUT2D eigenvalue weighted by molar-refractivity contribution is 0.160. The molecule has 0 spiro atoms. The maximum absolute atomic E-state index is 5.67. The highest BCUT2D eigenvalue weighted by Crippen LogP contribution is 2.29. The van der Waals surface area contributed by atoms with Crippen LogP contribution in [0.1, 0.15) is 12.0 Å². The van der Waals surface area contributed by atoms with E-state index in [-0.39, 0.29) is 0 Å². The highest BCUT2D eigenvalue weighted by atomic mass is 16.5. The van der Waals surface area contributed by atoms with Gasteiger partial charge in [0.05, 0.1) is 12.6 Å². The number of nitrogens with two attached hydrogens (primary N) is 1. The van der Waals surface area contributed by atoms with Gasteiger partial charge in [0.25, 0.3) is 0 Å². The lowest BCUT2D eigenvalue weighted by Gasteiger charge is -2.34. The first-order valence-electron chi connectivity index (χ1n) is 5.88. The highest BCUT2D eigenvalue weighted by Gasteiger charge is 2.26. The predicted molar refractivity (Wildman–Crippen MR) is 66.6 cm³/mol. The molecule has 3 N–H and O–H groups in total. The average molecular weight is 220 g/mol. The van der Waals surface area contributed by atoms with Gasteiger partial charge in [0, 0.05) is 12.8 Å². The summed E-state index contributed by atoms with van der Waals surface area (Å²) >= 11 is 0. The molecule has 1 heterocycles. The SMILES string of the molecule is COC[C@@H]1Nc2ccccc2C[C@@H]1CCN. The first kappa shape index (κ1) is 11.4. The number of anilines is 1. The van der Waals surface area contributed by atoms with Crippen molar-refractivity contribution in [2.24, 2.45) is 11.7 Å². The van der Waals surface area contributed by atoms with E-state index in [4.69, 9.17) is 10.5 Å². The van der Waals surface area contributed by atoms with Gasteiger partial charge in [-0.15, -0.1) is 0 Å². The van der Waals surface area contributed by atoms with Crippen molar-refractivity contribution in [3.63, 3.8) is 0 Å². The van der Waals surface area contributed by atoms with Crippen LogP contribution in [-0.2, 0) is 11.2 Å². The van der Waals surface area contributed by atoms with E-state index in [1.807, 2.05) is 0 Å². The third-order valence-electron chi connectivity index (χ3n) is 3.29. The lowest BCUT2D eigenvalue weighted by Crippen LogP contribution is -2.39. The Hall–Kier alpha value is -1.06. The first-order chi connectivity index (χ1) is 7.85. The number of ether oxygens (including phenoxy) is 1. The summed E-state index contributed by atoms with van der Waals surface area (Å²) in [6.07, 6.45) is 2.16. The topological polar surface area (TPSA) is 47.3 Å². The fourth-order valence-corrected chi connectivity index (χ4v) is 2.46. The van der Waals surface area contributed by atoms with Crippen LogP contribution in [0.2, 0.25) is 0 Å². The van der Waals surface area contributed by atoms with Gasteiger partial charge in [-0.05, 0) is 36.9 Å². The minimum Gasteiger partial charge on any atom is -0.383 e. The molecule has 1 aromatic rings. The van der Waals surface area contributed by atoms with Gasteiger partial charge < -0.3 is 15.8 Å². The minimum absolute atomic E-state index is 0.392. The molecule has 0 saturated heterocycles. The largest absolute Gasteiger partial charge is 0.383 e. The van der Waals surface area contributed by atoms with Crippen molar-refractivity contribution >= 4 is 5.69 Å². The summed E-state index contributed by atoms with van der Waals surface area (Å²) < 4.78 is 5.27. The molecule has 0 unspecified atom stereocenters. The van der Waals surface area contributed by atoms with Gasteiger partial charge in [-0.1, -0.05) is 18.2 Å². The van der Waals surface area contributed by atoms with Crippen LogP contribution < -0.4 is 11.1 Å². The normalized spacial score (nSPS) is 23.6. The van der Waals surface area contributed by atoms with Crippen LogP contribution in [0.5, 0.6) is 0 Å². The molecule has 0 aliphatic carbocycles. The third kappa shape index (κ3) is 2.36. The summed E-state index contributed by atoms with van der Waals surface area (Å²) in [4.78, 5) is 0. The quantitative estimate of drug-likeness (QED) is 0.811. The Balaban J connectivity index is 2.15. The number of hydrogen-bond acceptors (Lipinski definition) is 3. The number of rotatable bonds is 4. The van der Waals surface area contributed by atoms with Crippen molar-refractivity contribution in [3.8, 4) is 0 Å². The Morgan fingerprint density at radius 3 is 3.00 bits per heavy atom. The number of nitrogens with one attached hydrogen (secondary N) is 1. The van der Waals surface area contributed by atoms with Crippen molar-refractivity contribution in [2.75, 3.05) is 25.6 Å². The summed E-state index contributed by atoms with van der Waals surface area (Å²) in [5.41, 5.74) is 8.31. The average Bonchev–Trinajstić information content (AvgIpc) is 2.30. The zero-order chi connectivity index (χ0) is 11.4. The van der Waals surface area contributed by atoms with Crippen molar-refractivity contribution < 1.29 is 4.74 Å². The van der Waals surface area contributed by atoms with E-state index in [0.29, 0.717) is 12.0 Å². The van der Waals surface area contributed by atoms with Gasteiger partial charge in [0.15, 0.2) is 0 Å². The van der Waals surface area contributed by atoms with Crippen molar-refractivity contribution in [2.45, 2.75) is 18.9 Å². The van der Waals surface area contributed by atoms with Crippen LogP contribution in [0.4, 0.5) is 5.69 Å². The Kier molecular flexibility index (Phi) is 3.80. The molecule has 0 bridgehead atoms. The summed E-state index contributed by atoms with van der Waals surface area (Å²) in [6.45, 7) is 1.49. The van der Waals surface area contributed by atoms with Crippen LogP contribution in [0.15, 0.2) is 24.3 Å². The van der Waals surface area contributed by atoms with Crippen LogP contribution >= 0.6 is 0 Å². The predicted octanol–water partition coefficient (Wildman–Crippen LogP) is 1.63. The second kappa shape index (κ2) is 5.32. The molecule has 0 fully saturated rings. The van der Waals surface area contributed by atoms with Crippen LogP contribution in [-0.4, -0.2) is 26.3 Å². The van der Waals surface area contributed by atoms with E-state index in [1.54, 1.807) is 7.11 Å². The number of benzene rings is 1. The Morgan fingerprint density at radius 2 is 2.25 bits per heavy atom. The van der Waals surface area contributed by atoms with Gasteiger partial charge in [0.1, 0.15) is 0 Å². The van der Waals surface area contributed by atoms with Crippen molar-refractivity contribution in [1.82, 2.24) is 0 Å². The molecule has 1 aliphatic heterocycles. The maximum Gasteiger partial charge on any atom is 0.0666 e. The molecule has 88 valence electrons. The number of para-hydroxylation sites is 1. The molecule has 3 heteroatoms. The smallest absolute Gasteiger partial charge is 0.0666 e. The highest BCUT2D eigenvalue weighted by molar-refractivity contribution is 5.54. The van der Waals surface area contributed by atoms with Crippen molar-refractivity contribution in [3.05, 3.63) is 29.8 Å². The molecule has 0 saturated carbocycles. The molecule has 0 amide bonds. The summed E-state index contributed by atoms with van der Waals surface area (Å²) in [6, 6.07) is 8.88. The second-order valence-electron chi connectivity index (χ2n) is 4.40. The van der Waals surface area contributed by atoms with Gasteiger partial charge in [-0.2, -0.15) is 0 Å². The minimum atomic E-state index is 0.392. The van der Waals surface area contributed by atoms with Crippen LogP contribution in [0.3, 0.4) is 0 Å². The zero-order valence-electron chi connectivity index (χ0n) is 9.78. The van der Waals surface area contributed by atoms with Gasteiger partial charge in [0.2, 0.25) is 0 Å². The first-order valence-corrected chi connectivity index (χ1v) is 5.88. The standard InChI is InChI=1S/C13H20N2O/c1-16-9-13-11(6-7-14)8-10-4-2-3-5-12(10)15-13/h2-5,11,13,15H,6-9,14H2,1H3/t11-,13-/m0/s1. The molecule has 3 nitrogen and oxygen atoms in total. The molecule has 1 aromatic carbocycles. The second-order valence-corrected chi connectivity index (χ2v) is 4.40. The van der Waals surface area contributed by atoms with Crippen LogP contribution in [0, 0.1) is 5.92 Å². The monoisotopic (exact) mass is 220 g/mol. The van der Waals surface area contributed by atoms with Crippen LogP contribution in [0.25, 0.3) is 0 Å². The summed E-state index contributed by atoms with van der Waals surface area (Å²) in [5, 5.41) is 3.55. The van der Waals surface area contributed by atoms with E-state index < -0.39 is 0 Å². The van der Waals surface area contributed by atoms with Gasteiger partial charge >= 0.3 is 0 Å². The molecule has 16 heavy (non-hydrogen) atoms. The van der Waals surface area contributed by atoms with E-state index in [0.717, 1.165) is 26.0 Å². The van der Waals surface area contributed by atoms with Gasteiger partial charge in [-0.3, -0.25) is 0 Å². The molecular weight excluding hydrogens is 200 g/mol. The summed E-state index contributed by atoms with van der Waals surface area (Å²) in [5.74, 6) is 0.583. The summed E-state index contributed by atoms with van der Waals surface area (Å²) in [7, 11) is 1.75. The lowest BCUT2D eigenvalue weighted by atomic mass is 9.85. The van der Waals surface area contributed by atoms with E-state index in [9.17, 15) is 0 Å². The zero-order valence-corrected chi connectivity index (χ0v) is 9.78. The van der Waals surface area contributed by atoms with E-state index >= 15 is 0 Å². The number of fused-ring (bicyclic) bond motifs is 1. The molecule has 2 rings (SSSR count).